The fourth-order valence-corrected chi connectivity index (χ4v) is 1.49. The number of carbonyl (C=O) groups excluding carboxylic acids is 1. The molecule has 0 aromatic heterocycles. The molecule has 0 unspecified atom stereocenters. The van der Waals surface area contributed by atoms with E-state index in [2.05, 4.69) is 29.1 Å². The topological polar surface area (TPSA) is 38.3 Å². The van der Waals surface area contributed by atoms with Gasteiger partial charge < -0.3 is 10.1 Å². The van der Waals surface area contributed by atoms with Crippen LogP contribution in [0.2, 0.25) is 0 Å². The van der Waals surface area contributed by atoms with E-state index in [0.29, 0.717) is 13.0 Å². The lowest BCUT2D eigenvalue weighted by Crippen LogP contribution is -2.09. The molecule has 1 N–H and O–H groups in total. The van der Waals surface area contributed by atoms with Crippen molar-refractivity contribution < 1.29 is 9.53 Å². The van der Waals surface area contributed by atoms with Gasteiger partial charge >= 0.3 is 5.97 Å². The summed E-state index contributed by atoms with van der Waals surface area (Å²) in [7, 11) is 1.40. The normalized spacial score (nSPS) is 9.88. The average molecular weight is 221 g/mol. The minimum absolute atomic E-state index is 0.185. The van der Waals surface area contributed by atoms with Crippen molar-refractivity contribution in [1.82, 2.24) is 0 Å². The molecule has 1 rings (SSSR count). The van der Waals surface area contributed by atoms with Gasteiger partial charge in [-0.25, -0.2) is 0 Å². The Kier molecular flexibility index (Phi) is 5.40. The van der Waals surface area contributed by atoms with Gasteiger partial charge in [0.25, 0.3) is 0 Å². The van der Waals surface area contributed by atoms with E-state index in [1.807, 2.05) is 12.1 Å². The average Bonchev–Trinajstić information content (AvgIpc) is 2.31. The van der Waals surface area contributed by atoms with E-state index in [-0.39, 0.29) is 5.97 Å². The second-order valence-corrected chi connectivity index (χ2v) is 3.70. The van der Waals surface area contributed by atoms with Crippen molar-refractivity contribution in [3.63, 3.8) is 0 Å². The summed E-state index contributed by atoms with van der Waals surface area (Å²) in [5.74, 6) is -0.185. The zero-order chi connectivity index (χ0) is 11.8. The molecule has 0 aliphatic carbocycles. The van der Waals surface area contributed by atoms with E-state index in [4.69, 9.17) is 0 Å². The summed E-state index contributed by atoms with van der Waals surface area (Å²) < 4.78 is 4.56. The Morgan fingerprint density at radius 1 is 1.31 bits per heavy atom. The maximum absolute atomic E-state index is 10.9. The van der Waals surface area contributed by atoms with Crippen LogP contribution in [0.3, 0.4) is 0 Å². The molecule has 0 aliphatic heterocycles. The predicted octanol–water partition coefficient (Wildman–Crippen LogP) is 2.61. The van der Waals surface area contributed by atoms with Crippen molar-refractivity contribution in [3.8, 4) is 0 Å². The van der Waals surface area contributed by atoms with Crippen LogP contribution in [0.15, 0.2) is 24.3 Å². The van der Waals surface area contributed by atoms with Crippen LogP contribution < -0.4 is 5.32 Å². The van der Waals surface area contributed by atoms with Crippen molar-refractivity contribution in [2.45, 2.75) is 26.2 Å². The molecule has 0 spiro atoms. The second kappa shape index (κ2) is 6.88. The molecular formula is C13H19NO2. The largest absolute Gasteiger partial charge is 0.469 e. The lowest BCUT2D eigenvalue weighted by molar-refractivity contribution is -0.140. The summed E-state index contributed by atoms with van der Waals surface area (Å²) in [5.41, 5.74) is 2.39. The van der Waals surface area contributed by atoms with Gasteiger partial charge in [0, 0.05) is 12.2 Å². The quantitative estimate of drug-likeness (QED) is 0.750. The lowest BCUT2D eigenvalue weighted by atomic mass is 10.1. The Morgan fingerprint density at radius 3 is 2.56 bits per heavy atom. The van der Waals surface area contributed by atoms with Gasteiger partial charge in [-0.05, 0) is 24.1 Å². The molecule has 0 atom stereocenters. The second-order valence-electron chi connectivity index (χ2n) is 3.70. The SMILES string of the molecule is CCCc1ccc(NCCC(=O)OC)cc1. The zero-order valence-electron chi connectivity index (χ0n) is 9.95. The first-order valence-corrected chi connectivity index (χ1v) is 5.66. The number of esters is 1. The molecule has 3 heteroatoms. The summed E-state index contributed by atoms with van der Waals surface area (Å²) in [6, 6.07) is 8.32. The molecule has 0 radical (unpaired) electrons. The first-order chi connectivity index (χ1) is 7.76. The van der Waals surface area contributed by atoms with Crippen molar-refractivity contribution in [2.24, 2.45) is 0 Å². The van der Waals surface area contributed by atoms with Gasteiger partial charge in [-0.3, -0.25) is 4.79 Å². The fraction of sp³-hybridized carbons (Fsp3) is 0.462. The zero-order valence-corrected chi connectivity index (χ0v) is 9.95. The van der Waals surface area contributed by atoms with Gasteiger partial charge in [0.15, 0.2) is 0 Å². The first-order valence-electron chi connectivity index (χ1n) is 5.66. The van der Waals surface area contributed by atoms with E-state index in [1.165, 1.54) is 12.7 Å². The number of benzene rings is 1. The molecule has 0 saturated carbocycles. The maximum Gasteiger partial charge on any atom is 0.307 e. The van der Waals surface area contributed by atoms with Crippen LogP contribution in [0.4, 0.5) is 5.69 Å². The minimum Gasteiger partial charge on any atom is -0.469 e. The molecule has 16 heavy (non-hydrogen) atoms. The highest BCUT2D eigenvalue weighted by Crippen LogP contribution is 2.10. The number of hydrogen-bond donors (Lipinski definition) is 1. The molecule has 1 aromatic rings. The van der Waals surface area contributed by atoms with Crippen LogP contribution in [-0.2, 0) is 16.0 Å². The van der Waals surface area contributed by atoms with Gasteiger partial charge in [-0.15, -0.1) is 0 Å². The van der Waals surface area contributed by atoms with Crippen molar-refractivity contribution in [2.75, 3.05) is 19.0 Å². The molecule has 0 fully saturated rings. The highest BCUT2D eigenvalue weighted by molar-refractivity contribution is 5.69. The number of hydrogen-bond acceptors (Lipinski definition) is 3. The summed E-state index contributed by atoms with van der Waals surface area (Å²) in [4.78, 5) is 10.9. The van der Waals surface area contributed by atoms with E-state index in [1.54, 1.807) is 0 Å². The third-order valence-electron chi connectivity index (χ3n) is 2.38. The number of anilines is 1. The molecule has 88 valence electrons. The molecule has 3 nitrogen and oxygen atoms in total. The van der Waals surface area contributed by atoms with E-state index < -0.39 is 0 Å². The first kappa shape index (κ1) is 12.6. The number of methoxy groups -OCH3 is 1. The summed E-state index contributed by atoms with van der Waals surface area (Å²) in [6.45, 7) is 2.78. The summed E-state index contributed by atoms with van der Waals surface area (Å²) >= 11 is 0. The number of carbonyl (C=O) groups is 1. The number of nitrogens with one attached hydrogen (secondary N) is 1. The fourth-order valence-electron chi connectivity index (χ4n) is 1.49. The van der Waals surface area contributed by atoms with Gasteiger partial charge in [-0.2, -0.15) is 0 Å². The van der Waals surface area contributed by atoms with Gasteiger partial charge in [-0.1, -0.05) is 25.5 Å². The molecule has 0 amide bonds. The van der Waals surface area contributed by atoms with Crippen molar-refractivity contribution in [3.05, 3.63) is 29.8 Å². The third-order valence-corrected chi connectivity index (χ3v) is 2.38. The molecule has 0 aliphatic rings. The predicted molar refractivity (Wildman–Crippen MR) is 65.6 cm³/mol. The molecule has 0 bridgehead atoms. The van der Waals surface area contributed by atoms with Crippen LogP contribution in [0, 0.1) is 0 Å². The van der Waals surface area contributed by atoms with E-state index >= 15 is 0 Å². The van der Waals surface area contributed by atoms with Crippen LogP contribution >= 0.6 is 0 Å². The molecule has 0 saturated heterocycles. The van der Waals surface area contributed by atoms with E-state index in [0.717, 1.165) is 18.5 Å². The number of rotatable bonds is 6. The van der Waals surface area contributed by atoms with Crippen LogP contribution in [0.1, 0.15) is 25.3 Å². The Hall–Kier alpha value is -1.51. The highest BCUT2D eigenvalue weighted by Gasteiger charge is 1.99. The Balaban J connectivity index is 2.34. The standard InChI is InChI=1S/C13H19NO2/c1-3-4-11-5-7-12(8-6-11)14-10-9-13(15)16-2/h5-8,14H,3-4,9-10H2,1-2H3. The van der Waals surface area contributed by atoms with Crippen molar-refractivity contribution >= 4 is 11.7 Å². The van der Waals surface area contributed by atoms with Gasteiger partial charge in [0.1, 0.15) is 0 Å². The van der Waals surface area contributed by atoms with Gasteiger partial charge in [0.05, 0.1) is 13.5 Å². The van der Waals surface area contributed by atoms with Crippen LogP contribution in [-0.4, -0.2) is 19.6 Å². The Morgan fingerprint density at radius 2 is 2.00 bits per heavy atom. The minimum atomic E-state index is -0.185. The van der Waals surface area contributed by atoms with Crippen molar-refractivity contribution in [1.29, 1.82) is 0 Å². The molecular weight excluding hydrogens is 202 g/mol. The highest BCUT2D eigenvalue weighted by atomic mass is 16.5. The smallest absolute Gasteiger partial charge is 0.307 e. The monoisotopic (exact) mass is 221 g/mol. The third kappa shape index (κ3) is 4.34. The molecule has 1 aromatic carbocycles. The molecule has 0 heterocycles. The lowest BCUT2D eigenvalue weighted by Gasteiger charge is -2.06. The van der Waals surface area contributed by atoms with Gasteiger partial charge in [0.2, 0.25) is 0 Å². The number of ether oxygens (including phenoxy) is 1. The van der Waals surface area contributed by atoms with E-state index in [9.17, 15) is 4.79 Å². The Bertz CT molecular complexity index is 319. The Labute approximate surface area is 96.8 Å². The van der Waals surface area contributed by atoms with Crippen LogP contribution in [0.25, 0.3) is 0 Å². The number of aryl methyl sites for hydroxylation is 1. The summed E-state index contributed by atoms with van der Waals surface area (Å²) in [5, 5.41) is 3.18. The van der Waals surface area contributed by atoms with Crippen LogP contribution in [0.5, 0.6) is 0 Å². The summed E-state index contributed by atoms with van der Waals surface area (Å²) in [6.07, 6.45) is 2.67. The maximum atomic E-state index is 10.9.